The molecule has 2 aromatic rings. The van der Waals surface area contributed by atoms with E-state index in [2.05, 4.69) is 51.8 Å². The van der Waals surface area contributed by atoms with Crippen molar-refractivity contribution in [3.63, 3.8) is 0 Å². The van der Waals surface area contributed by atoms with Crippen molar-refractivity contribution in [2.75, 3.05) is 38.7 Å². The highest BCUT2D eigenvalue weighted by atomic mass is 16.5. The van der Waals surface area contributed by atoms with Crippen LogP contribution >= 0.6 is 0 Å². The van der Waals surface area contributed by atoms with Gasteiger partial charge in [-0.3, -0.25) is 0 Å². The van der Waals surface area contributed by atoms with Crippen LogP contribution in [0.2, 0.25) is 0 Å². The van der Waals surface area contributed by atoms with E-state index in [0.717, 1.165) is 31.1 Å². The molecule has 0 saturated carbocycles. The first kappa shape index (κ1) is 15.2. The predicted octanol–water partition coefficient (Wildman–Crippen LogP) is 1.05. The highest BCUT2D eigenvalue weighted by molar-refractivity contribution is 5.48. The summed E-state index contributed by atoms with van der Waals surface area (Å²) in [4.78, 5) is 13.6. The van der Waals surface area contributed by atoms with Crippen molar-refractivity contribution in [3.8, 4) is 0 Å². The first-order valence-electron chi connectivity index (χ1n) is 7.74. The number of piperazine rings is 1. The first-order valence-corrected chi connectivity index (χ1v) is 7.74. The summed E-state index contributed by atoms with van der Waals surface area (Å²) >= 11 is 0. The Morgan fingerprint density at radius 1 is 1.36 bits per heavy atom. The maximum absolute atomic E-state index is 5.24. The topological polar surface area (TPSA) is 58.8 Å². The molecule has 0 spiro atoms. The van der Waals surface area contributed by atoms with E-state index in [-0.39, 0.29) is 0 Å². The van der Waals surface area contributed by atoms with Crippen molar-refractivity contribution in [1.29, 1.82) is 0 Å². The molecule has 7 heteroatoms. The van der Waals surface area contributed by atoms with Crippen LogP contribution in [0.4, 0.5) is 5.82 Å². The van der Waals surface area contributed by atoms with E-state index in [9.17, 15) is 0 Å². The lowest BCUT2D eigenvalue weighted by molar-refractivity contribution is 0.181. The minimum absolute atomic E-state index is 0.448. The molecule has 2 aromatic heterocycles. The molecule has 1 unspecified atom stereocenters. The summed E-state index contributed by atoms with van der Waals surface area (Å²) in [6, 6.07) is 2.52. The Balaban J connectivity index is 2.04. The zero-order chi connectivity index (χ0) is 15.7. The van der Waals surface area contributed by atoms with E-state index in [4.69, 9.17) is 4.74 Å². The van der Waals surface area contributed by atoms with Crippen molar-refractivity contribution >= 4 is 11.6 Å². The Hall–Kier alpha value is -1.73. The maximum Gasteiger partial charge on any atom is 0.254 e. The number of aromatic nitrogens is 4. The van der Waals surface area contributed by atoms with Gasteiger partial charge in [0.2, 0.25) is 0 Å². The molecule has 0 amide bonds. The fourth-order valence-electron chi connectivity index (χ4n) is 3.08. The minimum Gasteiger partial charge on any atom is -0.378 e. The molecule has 0 N–H and O–H groups in total. The summed E-state index contributed by atoms with van der Waals surface area (Å²) in [5, 5.41) is 4.35. The second-order valence-electron chi connectivity index (χ2n) is 6.28. The van der Waals surface area contributed by atoms with Crippen LogP contribution in [-0.4, -0.2) is 64.3 Å². The lowest BCUT2D eigenvalue weighted by Crippen LogP contribution is -2.54. The Morgan fingerprint density at radius 2 is 2.18 bits per heavy atom. The summed E-state index contributed by atoms with van der Waals surface area (Å²) in [6.07, 6.45) is 1.56. The maximum atomic E-state index is 5.24. The number of anilines is 1. The Bertz CT molecular complexity index is 640. The first-order chi connectivity index (χ1) is 10.6. The van der Waals surface area contributed by atoms with Gasteiger partial charge in [-0.25, -0.2) is 4.98 Å². The Kier molecular flexibility index (Phi) is 4.26. The van der Waals surface area contributed by atoms with Crippen LogP contribution in [-0.2, 0) is 11.3 Å². The Labute approximate surface area is 130 Å². The highest BCUT2D eigenvalue weighted by Gasteiger charge is 2.30. The molecule has 0 aliphatic carbocycles. The van der Waals surface area contributed by atoms with E-state index in [1.54, 1.807) is 13.4 Å². The normalized spacial score (nSPS) is 20.2. The number of fused-ring (bicyclic) bond motifs is 1. The number of methoxy groups -OCH3 is 1. The van der Waals surface area contributed by atoms with Crippen molar-refractivity contribution < 1.29 is 4.74 Å². The fourth-order valence-corrected chi connectivity index (χ4v) is 3.08. The highest BCUT2D eigenvalue weighted by Crippen LogP contribution is 2.25. The summed E-state index contributed by atoms with van der Waals surface area (Å²) < 4.78 is 7.07. The lowest BCUT2D eigenvalue weighted by atomic mass is 10.00. The van der Waals surface area contributed by atoms with Crippen LogP contribution in [0, 0.1) is 5.92 Å². The SMILES string of the molecule is COCc1cc(N2CCN(C)CC2C(C)C)n2ncnc2n1. The van der Waals surface area contributed by atoms with Gasteiger partial charge in [0.15, 0.2) is 0 Å². The zero-order valence-electron chi connectivity index (χ0n) is 13.7. The van der Waals surface area contributed by atoms with Gasteiger partial charge in [-0.15, -0.1) is 0 Å². The van der Waals surface area contributed by atoms with Gasteiger partial charge in [0.1, 0.15) is 12.1 Å². The molecule has 3 heterocycles. The lowest BCUT2D eigenvalue weighted by Gasteiger charge is -2.43. The molecule has 7 nitrogen and oxygen atoms in total. The quantitative estimate of drug-likeness (QED) is 0.841. The van der Waals surface area contributed by atoms with Crippen LogP contribution in [0.15, 0.2) is 12.4 Å². The Morgan fingerprint density at radius 3 is 2.91 bits per heavy atom. The summed E-state index contributed by atoms with van der Waals surface area (Å²) in [6.45, 7) is 8.09. The summed E-state index contributed by atoms with van der Waals surface area (Å²) in [5.41, 5.74) is 0.888. The molecule has 1 aliphatic rings. The molecule has 0 aromatic carbocycles. The van der Waals surface area contributed by atoms with Crippen LogP contribution in [0.5, 0.6) is 0 Å². The molecule has 3 rings (SSSR count). The van der Waals surface area contributed by atoms with E-state index in [1.165, 1.54) is 0 Å². The smallest absolute Gasteiger partial charge is 0.254 e. The fraction of sp³-hybridized carbons (Fsp3) is 0.667. The molecular weight excluding hydrogens is 280 g/mol. The van der Waals surface area contributed by atoms with E-state index in [1.807, 2.05) is 4.52 Å². The third-order valence-electron chi connectivity index (χ3n) is 4.26. The number of ether oxygens (including phenoxy) is 1. The molecule has 1 saturated heterocycles. The molecule has 1 fully saturated rings. The van der Waals surface area contributed by atoms with E-state index < -0.39 is 0 Å². The van der Waals surface area contributed by atoms with Gasteiger partial charge in [-0.1, -0.05) is 13.8 Å². The molecule has 0 bridgehead atoms. The van der Waals surface area contributed by atoms with Crippen LogP contribution in [0.3, 0.4) is 0 Å². The number of hydrogen-bond donors (Lipinski definition) is 0. The van der Waals surface area contributed by atoms with Crippen LogP contribution in [0.1, 0.15) is 19.5 Å². The summed E-state index contributed by atoms with van der Waals surface area (Å²) in [7, 11) is 3.86. The van der Waals surface area contributed by atoms with Gasteiger partial charge in [-0.2, -0.15) is 14.6 Å². The predicted molar refractivity (Wildman–Crippen MR) is 85.0 cm³/mol. The molecule has 120 valence electrons. The van der Waals surface area contributed by atoms with Gasteiger partial charge in [-0.05, 0) is 13.0 Å². The van der Waals surface area contributed by atoms with E-state index in [0.29, 0.717) is 24.3 Å². The largest absolute Gasteiger partial charge is 0.378 e. The van der Waals surface area contributed by atoms with Crippen molar-refractivity contribution in [2.45, 2.75) is 26.5 Å². The second kappa shape index (κ2) is 6.18. The molecule has 1 aliphatic heterocycles. The van der Waals surface area contributed by atoms with E-state index >= 15 is 0 Å². The third-order valence-corrected chi connectivity index (χ3v) is 4.26. The molecular formula is C15H24N6O. The van der Waals surface area contributed by atoms with Crippen LogP contribution in [0.25, 0.3) is 5.78 Å². The number of nitrogens with zero attached hydrogens (tertiary/aromatic N) is 6. The average molecular weight is 304 g/mol. The van der Waals surface area contributed by atoms with Gasteiger partial charge in [0.05, 0.1) is 12.3 Å². The minimum atomic E-state index is 0.448. The van der Waals surface area contributed by atoms with Gasteiger partial charge < -0.3 is 14.5 Å². The number of rotatable bonds is 4. The average Bonchev–Trinajstić information content (AvgIpc) is 2.95. The molecule has 1 atom stereocenters. The van der Waals surface area contributed by atoms with Crippen molar-refractivity contribution in [1.82, 2.24) is 24.5 Å². The number of hydrogen-bond acceptors (Lipinski definition) is 6. The van der Waals surface area contributed by atoms with Crippen molar-refractivity contribution in [2.24, 2.45) is 5.92 Å². The van der Waals surface area contributed by atoms with Gasteiger partial charge in [0.25, 0.3) is 5.78 Å². The van der Waals surface area contributed by atoms with Gasteiger partial charge >= 0.3 is 0 Å². The molecule has 0 radical (unpaired) electrons. The molecule has 22 heavy (non-hydrogen) atoms. The van der Waals surface area contributed by atoms with Crippen molar-refractivity contribution in [3.05, 3.63) is 18.1 Å². The second-order valence-corrected chi connectivity index (χ2v) is 6.28. The summed E-state index contributed by atoms with van der Waals surface area (Å²) in [5.74, 6) is 2.24. The monoisotopic (exact) mass is 304 g/mol. The zero-order valence-corrected chi connectivity index (χ0v) is 13.7. The third kappa shape index (κ3) is 2.78. The standard InChI is InChI=1S/C15H24N6O/c1-11(2)13-8-19(3)5-6-20(13)14-7-12(9-22-4)18-15-16-10-17-21(14)15/h7,10-11,13H,5-6,8-9H2,1-4H3. The van der Waals surface area contributed by atoms with Crippen LogP contribution < -0.4 is 4.90 Å². The number of likely N-dealkylation sites (N-methyl/N-ethyl adjacent to an activating group) is 1. The van der Waals surface area contributed by atoms with Gasteiger partial charge in [0, 0.05) is 38.9 Å².